The van der Waals surface area contributed by atoms with Crippen molar-refractivity contribution < 1.29 is 14.0 Å². The molecule has 1 heterocycles. The summed E-state index contributed by atoms with van der Waals surface area (Å²) in [4.78, 5) is 26.4. The van der Waals surface area contributed by atoms with E-state index in [-0.39, 0.29) is 36.5 Å². The van der Waals surface area contributed by atoms with E-state index in [4.69, 9.17) is 0 Å². The maximum absolute atomic E-state index is 13.6. The van der Waals surface area contributed by atoms with Crippen molar-refractivity contribution in [1.82, 2.24) is 5.32 Å². The van der Waals surface area contributed by atoms with Crippen LogP contribution in [-0.2, 0) is 9.59 Å². The highest BCUT2D eigenvalue weighted by Gasteiger charge is 2.51. The third-order valence-electron chi connectivity index (χ3n) is 4.38. The minimum absolute atomic E-state index is 0.117. The Hall–Kier alpha value is -1.91. The van der Waals surface area contributed by atoms with E-state index in [0.717, 1.165) is 18.4 Å². The third kappa shape index (κ3) is 2.52. The van der Waals surface area contributed by atoms with E-state index >= 15 is 0 Å². The van der Waals surface area contributed by atoms with Gasteiger partial charge in [-0.05, 0) is 56.4 Å². The van der Waals surface area contributed by atoms with Gasteiger partial charge in [-0.3, -0.25) is 9.59 Å². The van der Waals surface area contributed by atoms with Crippen LogP contribution in [-0.4, -0.2) is 23.9 Å². The van der Waals surface area contributed by atoms with Crippen molar-refractivity contribution >= 4 is 17.5 Å². The number of hydrogen-bond donors (Lipinski definition) is 1. The summed E-state index contributed by atoms with van der Waals surface area (Å²) in [6.45, 7) is 3.86. The van der Waals surface area contributed by atoms with Crippen LogP contribution in [0.2, 0.25) is 0 Å². The zero-order chi connectivity index (χ0) is 15.2. The van der Waals surface area contributed by atoms with Crippen LogP contribution >= 0.6 is 0 Å². The molecule has 5 heteroatoms. The molecule has 4 nitrogen and oxygen atoms in total. The lowest BCUT2D eigenvalue weighted by molar-refractivity contribution is -0.130. The van der Waals surface area contributed by atoms with Gasteiger partial charge in [0.05, 0.1) is 0 Å². The van der Waals surface area contributed by atoms with Gasteiger partial charge in [-0.15, -0.1) is 0 Å². The number of nitrogens with zero attached hydrogens (tertiary/aromatic N) is 1. The molecule has 1 aliphatic carbocycles. The van der Waals surface area contributed by atoms with Crippen molar-refractivity contribution in [3.05, 3.63) is 29.6 Å². The Morgan fingerprint density at radius 2 is 2.00 bits per heavy atom. The fourth-order valence-electron chi connectivity index (χ4n) is 3.06. The van der Waals surface area contributed by atoms with Gasteiger partial charge in [0, 0.05) is 18.7 Å². The van der Waals surface area contributed by atoms with Gasteiger partial charge in [-0.25, -0.2) is 4.39 Å². The zero-order valence-corrected chi connectivity index (χ0v) is 12.3. The molecule has 3 rings (SSSR count). The van der Waals surface area contributed by atoms with E-state index in [1.165, 1.54) is 12.1 Å². The topological polar surface area (TPSA) is 49.4 Å². The first-order chi connectivity index (χ1) is 9.90. The molecule has 1 aromatic rings. The molecule has 1 saturated heterocycles. The van der Waals surface area contributed by atoms with Gasteiger partial charge in [0.2, 0.25) is 5.91 Å². The molecule has 0 radical (unpaired) electrons. The summed E-state index contributed by atoms with van der Waals surface area (Å²) in [5, 5.41) is 2.87. The lowest BCUT2D eigenvalue weighted by Gasteiger charge is -2.32. The van der Waals surface area contributed by atoms with Gasteiger partial charge in [0.1, 0.15) is 11.4 Å². The van der Waals surface area contributed by atoms with Crippen LogP contribution in [0, 0.1) is 18.7 Å². The largest absolute Gasteiger partial charge is 0.342 e. The molecule has 1 N–H and O–H groups in total. The van der Waals surface area contributed by atoms with Crippen LogP contribution in [0.4, 0.5) is 10.1 Å². The second-order valence-corrected chi connectivity index (χ2v) is 6.22. The van der Waals surface area contributed by atoms with Gasteiger partial charge in [0.25, 0.3) is 5.91 Å². The lowest BCUT2D eigenvalue weighted by atomic mass is 9.94. The fraction of sp³-hybridized carbons (Fsp3) is 0.500. The highest BCUT2D eigenvalue weighted by atomic mass is 19.1. The summed E-state index contributed by atoms with van der Waals surface area (Å²) < 4.78 is 13.6. The number of hydrogen-bond acceptors (Lipinski definition) is 2. The van der Waals surface area contributed by atoms with Crippen molar-refractivity contribution in [2.45, 2.75) is 38.6 Å². The minimum atomic E-state index is -0.867. The molecule has 1 aliphatic heterocycles. The molecular weight excluding hydrogens is 271 g/mol. The quantitative estimate of drug-likeness (QED) is 0.907. The van der Waals surface area contributed by atoms with Crippen LogP contribution in [0.15, 0.2) is 18.2 Å². The Labute approximate surface area is 123 Å². The maximum atomic E-state index is 13.6. The Bertz CT molecular complexity index is 592. The predicted molar refractivity (Wildman–Crippen MR) is 77.4 cm³/mol. The molecule has 0 aromatic heterocycles. The van der Waals surface area contributed by atoms with E-state index in [0.29, 0.717) is 5.69 Å². The van der Waals surface area contributed by atoms with E-state index in [1.807, 2.05) is 0 Å². The predicted octanol–water partition coefficient (Wildman–Crippen LogP) is 2.16. The highest BCUT2D eigenvalue weighted by Crippen LogP contribution is 2.42. The number of carbonyl (C=O) groups excluding carboxylic acids is 2. The van der Waals surface area contributed by atoms with Crippen molar-refractivity contribution in [3.63, 3.8) is 0 Å². The molecule has 1 unspecified atom stereocenters. The summed E-state index contributed by atoms with van der Waals surface area (Å²) in [5.74, 6) is -0.437. The third-order valence-corrected chi connectivity index (χ3v) is 4.38. The second kappa shape index (κ2) is 4.83. The number of amides is 2. The molecule has 112 valence electrons. The molecule has 2 amide bonds. The molecule has 1 aromatic carbocycles. The van der Waals surface area contributed by atoms with E-state index < -0.39 is 5.54 Å². The number of carbonyl (C=O) groups is 2. The van der Waals surface area contributed by atoms with Crippen molar-refractivity contribution in [3.8, 4) is 0 Å². The van der Waals surface area contributed by atoms with Gasteiger partial charge < -0.3 is 10.2 Å². The normalized spacial score (nSPS) is 26.5. The Morgan fingerprint density at radius 3 is 2.62 bits per heavy atom. The van der Waals surface area contributed by atoms with Gasteiger partial charge in [0.15, 0.2) is 0 Å². The summed E-state index contributed by atoms with van der Waals surface area (Å²) in [5.41, 5.74) is 0.420. The van der Waals surface area contributed by atoms with Crippen LogP contribution in [0.1, 0.15) is 31.7 Å². The minimum Gasteiger partial charge on any atom is -0.342 e. The number of aryl methyl sites for hydroxylation is 1. The zero-order valence-electron chi connectivity index (χ0n) is 12.3. The van der Waals surface area contributed by atoms with E-state index in [1.54, 1.807) is 24.8 Å². The second-order valence-electron chi connectivity index (χ2n) is 6.22. The summed E-state index contributed by atoms with van der Waals surface area (Å²) >= 11 is 0. The van der Waals surface area contributed by atoms with Crippen molar-refractivity contribution in [2.24, 2.45) is 5.92 Å². The van der Waals surface area contributed by atoms with E-state index in [9.17, 15) is 14.0 Å². The maximum Gasteiger partial charge on any atom is 0.252 e. The summed E-state index contributed by atoms with van der Waals surface area (Å²) in [6.07, 6.45) is 2.13. The number of benzene rings is 1. The number of halogens is 1. The monoisotopic (exact) mass is 290 g/mol. The van der Waals surface area contributed by atoms with Gasteiger partial charge in [-0.2, -0.15) is 0 Å². The van der Waals surface area contributed by atoms with Crippen LogP contribution in [0.25, 0.3) is 0 Å². The van der Waals surface area contributed by atoms with Gasteiger partial charge in [-0.1, -0.05) is 0 Å². The molecular formula is C16H19FN2O2. The van der Waals surface area contributed by atoms with E-state index in [2.05, 4.69) is 5.32 Å². The number of anilines is 1. The van der Waals surface area contributed by atoms with Gasteiger partial charge >= 0.3 is 0 Å². The Balaban J connectivity index is 2.00. The van der Waals surface area contributed by atoms with Crippen LogP contribution < -0.4 is 10.2 Å². The van der Waals surface area contributed by atoms with Crippen LogP contribution in [0.3, 0.4) is 0 Å². The lowest BCUT2D eigenvalue weighted by Crippen LogP contribution is -2.56. The first-order valence-electron chi connectivity index (χ1n) is 7.30. The molecule has 0 spiro atoms. The Morgan fingerprint density at radius 1 is 1.29 bits per heavy atom. The average Bonchev–Trinajstić information content (AvgIpc) is 3.21. The highest BCUT2D eigenvalue weighted by molar-refractivity contribution is 6.04. The SMILES string of the molecule is Cc1cc(F)cc(N2CCC(=O)NC(C)(C3CC3)C2=O)c1. The standard InChI is InChI=1S/C16H19FN2O2/c1-10-7-12(17)9-13(8-10)19-6-5-14(20)18-16(2,15(19)21)11-3-4-11/h7-9,11H,3-6H2,1-2H3,(H,18,20). The van der Waals surface area contributed by atoms with Crippen molar-refractivity contribution in [1.29, 1.82) is 0 Å². The number of rotatable bonds is 2. The molecule has 21 heavy (non-hydrogen) atoms. The first-order valence-corrected chi connectivity index (χ1v) is 7.30. The average molecular weight is 290 g/mol. The number of nitrogens with one attached hydrogen (secondary N) is 1. The van der Waals surface area contributed by atoms with Crippen LogP contribution in [0.5, 0.6) is 0 Å². The smallest absolute Gasteiger partial charge is 0.252 e. The first kappa shape index (κ1) is 14.0. The summed E-state index contributed by atoms with van der Waals surface area (Å²) in [7, 11) is 0. The molecule has 2 fully saturated rings. The molecule has 1 saturated carbocycles. The molecule has 2 aliphatic rings. The Kier molecular flexibility index (Phi) is 3.23. The fourth-order valence-corrected chi connectivity index (χ4v) is 3.06. The molecule has 0 bridgehead atoms. The van der Waals surface area contributed by atoms with Crippen molar-refractivity contribution in [2.75, 3.05) is 11.4 Å². The summed E-state index contributed by atoms with van der Waals surface area (Å²) in [6, 6.07) is 4.56. The molecule has 1 atom stereocenters.